The zero-order valence-corrected chi connectivity index (χ0v) is 13.3. The summed E-state index contributed by atoms with van der Waals surface area (Å²) in [5.74, 6) is 0.419. The van der Waals surface area contributed by atoms with Crippen LogP contribution in [0.2, 0.25) is 0 Å². The second-order valence-corrected chi connectivity index (χ2v) is 5.31. The van der Waals surface area contributed by atoms with Crippen LogP contribution in [-0.2, 0) is 0 Å². The Bertz CT molecular complexity index is 933. The van der Waals surface area contributed by atoms with E-state index in [0.29, 0.717) is 23.6 Å². The highest BCUT2D eigenvalue weighted by molar-refractivity contribution is 5.88. The van der Waals surface area contributed by atoms with Gasteiger partial charge in [-0.15, -0.1) is 0 Å². The molecular formula is C18H18N4O2. The molecule has 3 rings (SSSR count). The van der Waals surface area contributed by atoms with Gasteiger partial charge in [0.15, 0.2) is 0 Å². The fraction of sp³-hybridized carbons (Fsp3) is 0.167. The van der Waals surface area contributed by atoms with E-state index in [1.165, 1.54) is 10.6 Å². The first kappa shape index (κ1) is 15.9. The second kappa shape index (κ2) is 7.06. The van der Waals surface area contributed by atoms with Crippen molar-refractivity contribution in [2.24, 2.45) is 4.99 Å². The molecule has 0 amide bonds. The number of hydrogen-bond donors (Lipinski definition) is 2. The van der Waals surface area contributed by atoms with Gasteiger partial charge in [0.25, 0.3) is 5.56 Å². The molecule has 0 aliphatic carbocycles. The fourth-order valence-electron chi connectivity index (χ4n) is 2.39. The van der Waals surface area contributed by atoms with Crippen LogP contribution in [0.3, 0.4) is 0 Å². The van der Waals surface area contributed by atoms with Crippen LogP contribution >= 0.6 is 0 Å². The van der Waals surface area contributed by atoms with E-state index in [1.54, 1.807) is 6.20 Å². The highest BCUT2D eigenvalue weighted by atomic mass is 16.3. The van der Waals surface area contributed by atoms with Gasteiger partial charge in [-0.1, -0.05) is 24.3 Å². The number of hydrogen-bond acceptors (Lipinski definition) is 5. The number of aliphatic hydroxyl groups is 1. The molecule has 6 heteroatoms. The lowest BCUT2D eigenvalue weighted by Gasteiger charge is -2.10. The molecule has 0 fully saturated rings. The van der Waals surface area contributed by atoms with Crippen molar-refractivity contribution in [3.05, 3.63) is 70.1 Å². The van der Waals surface area contributed by atoms with Crippen LogP contribution in [-0.4, -0.2) is 33.9 Å². The fourth-order valence-corrected chi connectivity index (χ4v) is 2.39. The predicted molar refractivity (Wildman–Crippen MR) is 95.5 cm³/mol. The van der Waals surface area contributed by atoms with Gasteiger partial charge in [-0.25, -0.2) is 4.98 Å². The molecule has 0 bridgehead atoms. The molecule has 2 aromatic heterocycles. The number of anilines is 1. The lowest BCUT2D eigenvalue weighted by Crippen LogP contribution is -2.23. The first-order valence-corrected chi connectivity index (χ1v) is 7.66. The first-order chi connectivity index (χ1) is 11.7. The number of aromatic nitrogens is 2. The van der Waals surface area contributed by atoms with Gasteiger partial charge in [0.1, 0.15) is 17.0 Å². The molecule has 0 radical (unpaired) electrons. The van der Waals surface area contributed by atoms with Crippen molar-refractivity contribution in [1.29, 1.82) is 0 Å². The van der Waals surface area contributed by atoms with Gasteiger partial charge < -0.3 is 10.4 Å². The molecule has 2 N–H and O–H groups in total. The molecule has 0 saturated heterocycles. The molecule has 0 saturated carbocycles. The number of nitrogens with one attached hydrogen (secondary N) is 1. The van der Waals surface area contributed by atoms with Crippen molar-refractivity contribution in [3.8, 4) is 0 Å². The maximum Gasteiger partial charge on any atom is 0.268 e. The van der Waals surface area contributed by atoms with E-state index in [4.69, 9.17) is 5.11 Å². The van der Waals surface area contributed by atoms with Crippen molar-refractivity contribution >= 4 is 23.4 Å². The third kappa shape index (κ3) is 3.18. The number of para-hydroxylation sites is 1. The standard InChI is InChI=1S/C18H18N4O2/c1-13-6-5-10-22-17(13)21-16(19-9-11-23)15(18(22)24)12-20-14-7-3-2-4-8-14/h2-8,10,12,19,23H,9,11H2,1H3. The highest BCUT2D eigenvalue weighted by Crippen LogP contribution is 2.14. The predicted octanol–water partition coefficient (Wildman–Crippen LogP) is 2.16. The van der Waals surface area contributed by atoms with Crippen LogP contribution in [0.4, 0.5) is 11.5 Å². The lowest BCUT2D eigenvalue weighted by atomic mass is 10.2. The molecular weight excluding hydrogens is 304 g/mol. The molecule has 0 atom stereocenters. The van der Waals surface area contributed by atoms with Crippen LogP contribution in [0.25, 0.3) is 5.65 Å². The average Bonchev–Trinajstić information content (AvgIpc) is 2.61. The summed E-state index contributed by atoms with van der Waals surface area (Å²) < 4.78 is 1.51. The van der Waals surface area contributed by atoms with Crippen LogP contribution in [0.1, 0.15) is 11.1 Å². The van der Waals surface area contributed by atoms with E-state index in [0.717, 1.165) is 11.3 Å². The number of pyridine rings is 1. The second-order valence-electron chi connectivity index (χ2n) is 5.31. The van der Waals surface area contributed by atoms with E-state index in [1.807, 2.05) is 49.4 Å². The first-order valence-electron chi connectivity index (χ1n) is 7.66. The van der Waals surface area contributed by atoms with Gasteiger partial charge in [-0.05, 0) is 30.7 Å². The maximum absolute atomic E-state index is 12.8. The van der Waals surface area contributed by atoms with E-state index < -0.39 is 0 Å². The summed E-state index contributed by atoms with van der Waals surface area (Å²) in [4.78, 5) is 21.7. The third-order valence-electron chi connectivity index (χ3n) is 3.59. The molecule has 1 aromatic carbocycles. The Balaban J connectivity index is 2.15. The quantitative estimate of drug-likeness (QED) is 0.706. The molecule has 0 unspecified atom stereocenters. The lowest BCUT2D eigenvalue weighted by molar-refractivity contribution is 0.311. The molecule has 24 heavy (non-hydrogen) atoms. The SMILES string of the molecule is Cc1cccn2c(=O)c(C=Nc3ccccc3)c(NCCO)nc12. The smallest absolute Gasteiger partial charge is 0.268 e. The number of aliphatic hydroxyl groups excluding tert-OH is 1. The molecule has 0 aliphatic rings. The summed E-state index contributed by atoms with van der Waals surface area (Å²) in [7, 11) is 0. The average molecular weight is 322 g/mol. The van der Waals surface area contributed by atoms with Crippen LogP contribution in [0.15, 0.2) is 58.4 Å². The van der Waals surface area contributed by atoms with Gasteiger partial charge in [0, 0.05) is 19.0 Å². The van der Waals surface area contributed by atoms with E-state index in [9.17, 15) is 4.79 Å². The minimum atomic E-state index is -0.205. The number of benzene rings is 1. The van der Waals surface area contributed by atoms with Gasteiger partial charge in [0.05, 0.1) is 12.3 Å². The minimum Gasteiger partial charge on any atom is -0.395 e. The van der Waals surface area contributed by atoms with Gasteiger partial charge in [-0.2, -0.15) is 0 Å². The molecule has 6 nitrogen and oxygen atoms in total. The van der Waals surface area contributed by atoms with Crippen molar-refractivity contribution in [3.63, 3.8) is 0 Å². The maximum atomic E-state index is 12.8. The number of aliphatic imine (C=N–C) groups is 1. The summed E-state index contributed by atoms with van der Waals surface area (Å²) in [6.45, 7) is 2.15. The van der Waals surface area contributed by atoms with Crippen LogP contribution in [0.5, 0.6) is 0 Å². The zero-order chi connectivity index (χ0) is 16.9. The Labute approximate surface area is 139 Å². The van der Waals surface area contributed by atoms with Crippen LogP contribution < -0.4 is 10.9 Å². The summed E-state index contributed by atoms with van der Waals surface area (Å²) >= 11 is 0. The van der Waals surface area contributed by atoms with Crippen LogP contribution in [0, 0.1) is 6.92 Å². The van der Waals surface area contributed by atoms with E-state index in [2.05, 4.69) is 15.3 Å². The van der Waals surface area contributed by atoms with E-state index in [-0.39, 0.29) is 12.2 Å². The Hall–Kier alpha value is -2.99. The minimum absolute atomic E-state index is 0.0515. The summed E-state index contributed by atoms with van der Waals surface area (Å²) in [5, 5.41) is 12.0. The Morgan fingerprint density at radius 3 is 2.79 bits per heavy atom. The van der Waals surface area contributed by atoms with Gasteiger partial charge in [0.2, 0.25) is 0 Å². The third-order valence-corrected chi connectivity index (χ3v) is 3.59. The summed E-state index contributed by atoms with van der Waals surface area (Å²) in [6, 6.07) is 13.1. The Kier molecular flexibility index (Phi) is 4.67. The van der Waals surface area contributed by atoms with Crippen molar-refractivity contribution < 1.29 is 5.11 Å². The van der Waals surface area contributed by atoms with Crippen molar-refractivity contribution in [1.82, 2.24) is 9.38 Å². The van der Waals surface area contributed by atoms with Gasteiger partial charge >= 0.3 is 0 Å². The number of nitrogens with zero attached hydrogens (tertiary/aromatic N) is 3. The monoisotopic (exact) mass is 322 g/mol. The molecule has 0 spiro atoms. The zero-order valence-electron chi connectivity index (χ0n) is 13.3. The normalized spacial score (nSPS) is 11.2. The van der Waals surface area contributed by atoms with Crippen molar-refractivity contribution in [2.75, 3.05) is 18.5 Å². The summed E-state index contributed by atoms with van der Waals surface area (Å²) in [6.07, 6.45) is 3.20. The largest absolute Gasteiger partial charge is 0.395 e. The Morgan fingerprint density at radius 2 is 2.04 bits per heavy atom. The number of aryl methyl sites for hydroxylation is 1. The number of fused-ring (bicyclic) bond motifs is 1. The van der Waals surface area contributed by atoms with E-state index >= 15 is 0 Å². The molecule has 3 aromatic rings. The van der Waals surface area contributed by atoms with Crippen molar-refractivity contribution in [2.45, 2.75) is 6.92 Å². The highest BCUT2D eigenvalue weighted by Gasteiger charge is 2.12. The summed E-state index contributed by atoms with van der Waals surface area (Å²) in [5.41, 5.74) is 2.38. The Morgan fingerprint density at radius 1 is 1.25 bits per heavy atom. The van der Waals surface area contributed by atoms with Gasteiger partial charge in [-0.3, -0.25) is 14.2 Å². The molecule has 2 heterocycles. The molecule has 0 aliphatic heterocycles. The molecule has 122 valence electrons. The number of rotatable bonds is 5. The topological polar surface area (TPSA) is 79.0 Å².